The lowest BCUT2D eigenvalue weighted by atomic mass is 10.2. The highest BCUT2D eigenvalue weighted by Gasteiger charge is 2.14. The van der Waals surface area contributed by atoms with E-state index in [1.807, 2.05) is 6.07 Å². The Bertz CT molecular complexity index is 1730. The molecule has 7 nitrogen and oxygen atoms in total. The second-order valence-electron chi connectivity index (χ2n) is 8.13. The molecule has 5 aromatic rings. The summed E-state index contributed by atoms with van der Waals surface area (Å²) in [5.41, 5.74) is 1.95. The largest absolute Gasteiger partial charge is 0.493 e. The van der Waals surface area contributed by atoms with Crippen LogP contribution in [-0.4, -0.2) is 29.0 Å². The lowest BCUT2D eigenvalue weighted by Crippen LogP contribution is -2.20. The quantitative estimate of drug-likeness (QED) is 0.127. The Morgan fingerprint density at radius 3 is 2.45 bits per heavy atom. The van der Waals surface area contributed by atoms with Gasteiger partial charge in [0, 0.05) is 15.1 Å². The molecule has 9 heteroatoms. The number of benzene rings is 4. The number of para-hydroxylation sites is 1. The molecular formula is C29H19BrClN3O4. The van der Waals surface area contributed by atoms with Crippen LogP contribution in [0.4, 0.5) is 0 Å². The number of rotatable bonds is 6. The summed E-state index contributed by atoms with van der Waals surface area (Å²) in [6.07, 6.45) is 1.51. The van der Waals surface area contributed by atoms with E-state index < -0.39 is 5.97 Å². The van der Waals surface area contributed by atoms with Crippen molar-refractivity contribution in [2.45, 2.75) is 0 Å². The highest BCUT2D eigenvalue weighted by Crippen LogP contribution is 2.29. The van der Waals surface area contributed by atoms with Gasteiger partial charge >= 0.3 is 5.97 Å². The smallest absolute Gasteiger partial charge is 0.343 e. The van der Waals surface area contributed by atoms with Crippen LogP contribution in [-0.2, 0) is 0 Å². The fraction of sp³-hybridized carbons (Fsp3) is 0.0345. The lowest BCUT2D eigenvalue weighted by Gasteiger charge is -2.11. The SMILES string of the molecule is COc1cc(C=Nn2c(-c3ccc(Cl)cc3)nc3ccccc3c2=O)ccc1OC(=O)c1ccc(Br)cc1. The number of hydrogen-bond donors (Lipinski definition) is 0. The summed E-state index contributed by atoms with van der Waals surface area (Å²) in [5.74, 6) is 0.442. The molecular weight excluding hydrogens is 570 g/mol. The molecule has 0 fully saturated rings. The predicted octanol–water partition coefficient (Wildman–Crippen LogP) is 6.59. The second-order valence-corrected chi connectivity index (χ2v) is 9.48. The zero-order valence-corrected chi connectivity index (χ0v) is 22.3. The van der Waals surface area contributed by atoms with Crippen molar-refractivity contribution in [3.05, 3.63) is 122 Å². The first kappa shape index (κ1) is 25.4. The van der Waals surface area contributed by atoms with Crippen LogP contribution >= 0.6 is 27.5 Å². The summed E-state index contributed by atoms with van der Waals surface area (Å²) in [6, 6.07) is 25.9. The molecule has 188 valence electrons. The average molecular weight is 589 g/mol. The van der Waals surface area contributed by atoms with Crippen LogP contribution in [0, 0.1) is 0 Å². The number of methoxy groups -OCH3 is 1. The summed E-state index contributed by atoms with van der Waals surface area (Å²) in [7, 11) is 1.48. The van der Waals surface area contributed by atoms with Crippen molar-refractivity contribution in [2.24, 2.45) is 5.10 Å². The second kappa shape index (κ2) is 11.0. The van der Waals surface area contributed by atoms with E-state index in [1.54, 1.807) is 84.9 Å². The van der Waals surface area contributed by atoms with E-state index >= 15 is 0 Å². The molecule has 38 heavy (non-hydrogen) atoms. The Hall–Kier alpha value is -4.27. The van der Waals surface area contributed by atoms with E-state index in [0.29, 0.717) is 44.2 Å². The molecule has 0 amide bonds. The Kier molecular flexibility index (Phi) is 7.35. The standard InChI is InChI=1S/C29H19BrClN3O4/c1-37-26-16-18(6-15-25(26)38-29(36)20-7-11-21(30)12-8-20)17-32-34-27(19-9-13-22(31)14-10-19)33-24-5-3-2-4-23(24)28(34)35/h2-17H,1H3. The van der Waals surface area contributed by atoms with Gasteiger partial charge in [-0.15, -0.1) is 0 Å². The molecule has 0 aliphatic heterocycles. The molecule has 0 saturated carbocycles. The first-order valence-electron chi connectivity index (χ1n) is 11.4. The number of halogens is 2. The monoisotopic (exact) mass is 587 g/mol. The molecule has 1 aromatic heterocycles. The van der Waals surface area contributed by atoms with Gasteiger partial charge in [-0.3, -0.25) is 4.79 Å². The first-order valence-corrected chi connectivity index (χ1v) is 12.6. The number of hydrogen-bond acceptors (Lipinski definition) is 6. The first-order chi connectivity index (χ1) is 18.4. The molecule has 0 spiro atoms. The normalized spacial score (nSPS) is 11.1. The van der Waals surface area contributed by atoms with Crippen LogP contribution < -0.4 is 15.0 Å². The van der Waals surface area contributed by atoms with Gasteiger partial charge in [0.1, 0.15) is 0 Å². The lowest BCUT2D eigenvalue weighted by molar-refractivity contribution is 0.0729. The molecule has 0 aliphatic rings. The third-order valence-electron chi connectivity index (χ3n) is 5.65. The van der Waals surface area contributed by atoms with E-state index in [4.69, 9.17) is 21.1 Å². The maximum absolute atomic E-state index is 13.4. The molecule has 5 rings (SSSR count). The van der Waals surface area contributed by atoms with Crippen molar-refractivity contribution in [1.82, 2.24) is 9.66 Å². The van der Waals surface area contributed by atoms with Crippen molar-refractivity contribution in [1.29, 1.82) is 0 Å². The maximum Gasteiger partial charge on any atom is 0.343 e. The van der Waals surface area contributed by atoms with Crippen LogP contribution in [0.1, 0.15) is 15.9 Å². The van der Waals surface area contributed by atoms with E-state index in [9.17, 15) is 9.59 Å². The summed E-state index contributed by atoms with van der Waals surface area (Å²) >= 11 is 9.40. The predicted molar refractivity (Wildman–Crippen MR) is 152 cm³/mol. The Morgan fingerprint density at radius 1 is 0.974 bits per heavy atom. The van der Waals surface area contributed by atoms with Crippen LogP contribution in [0.5, 0.6) is 11.5 Å². The molecule has 0 bridgehead atoms. The molecule has 0 aliphatic carbocycles. The van der Waals surface area contributed by atoms with Crippen LogP contribution in [0.2, 0.25) is 5.02 Å². The Balaban J connectivity index is 1.50. The average Bonchev–Trinajstić information content (AvgIpc) is 2.94. The molecule has 0 N–H and O–H groups in total. The van der Waals surface area contributed by atoms with Gasteiger partial charge in [0.05, 0.1) is 29.8 Å². The zero-order valence-electron chi connectivity index (χ0n) is 20.0. The van der Waals surface area contributed by atoms with Crippen LogP contribution in [0.15, 0.2) is 105 Å². The summed E-state index contributed by atoms with van der Waals surface area (Å²) in [4.78, 5) is 30.6. The molecule has 1 heterocycles. The summed E-state index contributed by atoms with van der Waals surface area (Å²) in [6.45, 7) is 0. The van der Waals surface area contributed by atoms with Crippen LogP contribution in [0.25, 0.3) is 22.3 Å². The fourth-order valence-electron chi connectivity index (χ4n) is 3.73. The number of nitrogens with zero attached hydrogens (tertiary/aromatic N) is 3. The number of esters is 1. The Morgan fingerprint density at radius 2 is 1.71 bits per heavy atom. The highest BCUT2D eigenvalue weighted by atomic mass is 79.9. The number of carbonyl (C=O) groups is 1. The van der Waals surface area contributed by atoms with E-state index in [0.717, 1.165) is 4.47 Å². The van der Waals surface area contributed by atoms with Crippen LogP contribution in [0.3, 0.4) is 0 Å². The maximum atomic E-state index is 13.4. The molecule has 0 unspecified atom stereocenters. The molecule has 0 atom stereocenters. The molecule has 0 saturated heterocycles. The third-order valence-corrected chi connectivity index (χ3v) is 6.43. The minimum absolute atomic E-state index is 0.254. The minimum Gasteiger partial charge on any atom is -0.493 e. The van der Waals surface area contributed by atoms with Crippen molar-refractivity contribution in [3.8, 4) is 22.9 Å². The van der Waals surface area contributed by atoms with Gasteiger partial charge in [-0.1, -0.05) is 39.7 Å². The van der Waals surface area contributed by atoms with Gasteiger partial charge < -0.3 is 9.47 Å². The van der Waals surface area contributed by atoms with Crippen molar-refractivity contribution in [2.75, 3.05) is 7.11 Å². The van der Waals surface area contributed by atoms with Gasteiger partial charge in [0.15, 0.2) is 17.3 Å². The van der Waals surface area contributed by atoms with Crippen molar-refractivity contribution < 1.29 is 14.3 Å². The summed E-state index contributed by atoms with van der Waals surface area (Å²) in [5, 5.41) is 5.47. The zero-order chi connectivity index (χ0) is 26.6. The number of aromatic nitrogens is 2. The number of carbonyl (C=O) groups excluding carboxylic acids is 1. The van der Waals surface area contributed by atoms with Gasteiger partial charge in [0.25, 0.3) is 5.56 Å². The van der Waals surface area contributed by atoms with Gasteiger partial charge in [-0.05, 0) is 84.4 Å². The minimum atomic E-state index is -0.515. The summed E-state index contributed by atoms with van der Waals surface area (Å²) < 4.78 is 13.1. The van der Waals surface area contributed by atoms with Crippen molar-refractivity contribution in [3.63, 3.8) is 0 Å². The number of fused-ring (bicyclic) bond motifs is 1. The number of ether oxygens (including phenoxy) is 2. The van der Waals surface area contributed by atoms with E-state index in [-0.39, 0.29) is 11.3 Å². The van der Waals surface area contributed by atoms with Gasteiger partial charge in [-0.25, -0.2) is 9.78 Å². The highest BCUT2D eigenvalue weighted by molar-refractivity contribution is 9.10. The Labute approximate surface area is 231 Å². The third kappa shape index (κ3) is 5.37. The fourth-order valence-corrected chi connectivity index (χ4v) is 4.12. The van der Waals surface area contributed by atoms with Gasteiger partial charge in [-0.2, -0.15) is 9.78 Å². The topological polar surface area (TPSA) is 82.8 Å². The van der Waals surface area contributed by atoms with Crippen molar-refractivity contribution >= 4 is 50.6 Å². The molecule has 0 radical (unpaired) electrons. The van der Waals surface area contributed by atoms with E-state index in [1.165, 1.54) is 18.0 Å². The van der Waals surface area contributed by atoms with E-state index in [2.05, 4.69) is 26.0 Å². The molecule has 4 aromatic carbocycles. The van der Waals surface area contributed by atoms with Gasteiger partial charge in [0.2, 0.25) is 0 Å².